The molecule has 2 aliphatic carbocycles. The van der Waals surface area contributed by atoms with Gasteiger partial charge >= 0.3 is 0 Å². The van der Waals surface area contributed by atoms with Crippen LogP contribution in [0, 0.1) is 5.82 Å². The summed E-state index contributed by atoms with van der Waals surface area (Å²) in [6.07, 6.45) is 13.2. The predicted molar refractivity (Wildman–Crippen MR) is 137 cm³/mol. The molecule has 6 rings (SSSR count). The summed E-state index contributed by atoms with van der Waals surface area (Å²) in [6, 6.07) is 14.1. The summed E-state index contributed by atoms with van der Waals surface area (Å²) in [5.41, 5.74) is 8.92. The summed E-state index contributed by atoms with van der Waals surface area (Å²) in [5.74, 6) is 0.878. The molecule has 0 spiro atoms. The van der Waals surface area contributed by atoms with Crippen molar-refractivity contribution >= 4 is 44.6 Å². The molecule has 160 valence electrons. The zero-order valence-corrected chi connectivity index (χ0v) is 19.5. The van der Waals surface area contributed by atoms with E-state index < -0.39 is 0 Å². The van der Waals surface area contributed by atoms with E-state index in [4.69, 9.17) is 11.6 Å². The molecule has 1 aliphatic heterocycles. The minimum Gasteiger partial charge on any atom is -0.207 e. The average molecular weight is 459 g/mol. The number of fused-ring (bicyclic) bond motifs is 4. The number of halogens is 2. The Bertz CT molecular complexity index is 1320. The highest BCUT2D eigenvalue weighted by molar-refractivity contribution is 8.08. The van der Waals surface area contributed by atoms with Crippen LogP contribution in [0.1, 0.15) is 53.5 Å². The van der Waals surface area contributed by atoms with E-state index in [1.165, 1.54) is 56.8 Å². The first-order valence-corrected chi connectivity index (χ1v) is 12.8. The van der Waals surface area contributed by atoms with Gasteiger partial charge in [-0.1, -0.05) is 65.7 Å². The Hall–Kier alpha value is -2.29. The Morgan fingerprint density at radius 1 is 0.938 bits per heavy atom. The number of thioether (sulfide) groups is 1. The van der Waals surface area contributed by atoms with Crippen molar-refractivity contribution in [2.45, 2.75) is 38.5 Å². The molecule has 3 aromatic carbocycles. The second kappa shape index (κ2) is 8.24. The summed E-state index contributed by atoms with van der Waals surface area (Å²) in [7, 11) is 0. The van der Waals surface area contributed by atoms with Gasteiger partial charge in [0, 0.05) is 27.7 Å². The molecule has 0 nitrogen and oxygen atoms in total. The molecule has 0 aromatic heterocycles. The number of hydrogen-bond acceptors (Lipinski definition) is 1. The van der Waals surface area contributed by atoms with Crippen LogP contribution in [0.25, 0.3) is 21.3 Å². The van der Waals surface area contributed by atoms with Gasteiger partial charge in [0.2, 0.25) is 0 Å². The van der Waals surface area contributed by atoms with Crippen LogP contribution in [0.4, 0.5) is 4.39 Å². The van der Waals surface area contributed by atoms with Crippen molar-refractivity contribution < 1.29 is 4.39 Å². The lowest BCUT2D eigenvalue weighted by Gasteiger charge is -2.26. The van der Waals surface area contributed by atoms with Crippen molar-refractivity contribution in [2.24, 2.45) is 0 Å². The zero-order chi connectivity index (χ0) is 21.7. The third-order valence-corrected chi connectivity index (χ3v) is 8.50. The molecule has 0 atom stereocenters. The van der Waals surface area contributed by atoms with Crippen LogP contribution in [-0.4, -0.2) is 5.75 Å². The van der Waals surface area contributed by atoms with E-state index >= 15 is 0 Å². The second-order valence-electron chi connectivity index (χ2n) is 8.83. The predicted octanol–water partition coefficient (Wildman–Crippen LogP) is 8.75. The third kappa shape index (κ3) is 3.36. The molecule has 0 fully saturated rings. The molecule has 3 heteroatoms. The SMILES string of the molecule is Fc1cccc(Cl)c1Cc1ccc2c3c(ccc2c1C1=CCCS1)C1=C(CCC=C1)CC3. The summed E-state index contributed by atoms with van der Waals surface area (Å²) in [6.45, 7) is 0. The van der Waals surface area contributed by atoms with Gasteiger partial charge in [-0.05, 0) is 82.8 Å². The lowest BCUT2D eigenvalue weighted by molar-refractivity contribution is 0.614. The number of allylic oxidation sites excluding steroid dienone is 5. The molecule has 0 radical (unpaired) electrons. The van der Waals surface area contributed by atoms with Gasteiger partial charge in [0.25, 0.3) is 0 Å². The molecule has 0 unspecified atom stereocenters. The molecule has 1 heterocycles. The fourth-order valence-electron chi connectivity index (χ4n) is 5.48. The van der Waals surface area contributed by atoms with E-state index in [0.29, 0.717) is 17.0 Å². The van der Waals surface area contributed by atoms with E-state index in [1.54, 1.807) is 17.7 Å². The van der Waals surface area contributed by atoms with Gasteiger partial charge in [-0.3, -0.25) is 0 Å². The van der Waals surface area contributed by atoms with Gasteiger partial charge in [-0.25, -0.2) is 4.39 Å². The number of benzene rings is 3. The summed E-state index contributed by atoms with van der Waals surface area (Å²) in [5, 5.41) is 3.14. The largest absolute Gasteiger partial charge is 0.207 e. The smallest absolute Gasteiger partial charge is 0.128 e. The van der Waals surface area contributed by atoms with Gasteiger partial charge in [-0.15, -0.1) is 11.8 Å². The quantitative estimate of drug-likeness (QED) is 0.378. The van der Waals surface area contributed by atoms with E-state index in [9.17, 15) is 4.39 Å². The van der Waals surface area contributed by atoms with Crippen LogP contribution in [-0.2, 0) is 12.8 Å². The van der Waals surface area contributed by atoms with E-state index in [2.05, 4.69) is 42.5 Å². The van der Waals surface area contributed by atoms with Crippen molar-refractivity contribution in [2.75, 3.05) is 5.75 Å². The monoisotopic (exact) mass is 458 g/mol. The molecule has 0 saturated carbocycles. The fourth-order valence-corrected chi connectivity index (χ4v) is 6.79. The Labute approximate surface area is 197 Å². The van der Waals surface area contributed by atoms with Crippen molar-refractivity contribution in [1.82, 2.24) is 0 Å². The van der Waals surface area contributed by atoms with Crippen molar-refractivity contribution in [3.8, 4) is 0 Å². The molecule has 0 bridgehead atoms. The third-order valence-electron chi connectivity index (χ3n) is 7.02. The molecule has 3 aromatic rings. The standard InChI is InChI=1S/C29H24ClFS/c30-26-7-3-8-27(31)25(26)17-19-11-13-23-22-12-10-18-5-1-2-6-20(18)21(22)14-15-24(23)29(19)28-9-4-16-32-28/h2-3,6-9,11,13-15H,1,4-5,10,12,16-17H2. The molecule has 0 saturated heterocycles. The Morgan fingerprint density at radius 2 is 1.84 bits per heavy atom. The first-order chi connectivity index (χ1) is 15.7. The number of hydrogen-bond donors (Lipinski definition) is 0. The van der Waals surface area contributed by atoms with Crippen LogP contribution in [0.5, 0.6) is 0 Å². The van der Waals surface area contributed by atoms with Gasteiger partial charge < -0.3 is 0 Å². The summed E-state index contributed by atoms with van der Waals surface area (Å²) in [4.78, 5) is 1.33. The van der Waals surface area contributed by atoms with E-state index in [-0.39, 0.29) is 5.82 Å². The lowest BCUT2D eigenvalue weighted by atomic mass is 9.78. The molecular weight excluding hydrogens is 435 g/mol. The van der Waals surface area contributed by atoms with Gasteiger partial charge in [0.05, 0.1) is 0 Å². The molecule has 0 amide bonds. The molecule has 32 heavy (non-hydrogen) atoms. The summed E-state index contributed by atoms with van der Waals surface area (Å²) >= 11 is 8.31. The average Bonchev–Trinajstić information content (AvgIpc) is 3.35. The van der Waals surface area contributed by atoms with E-state index in [0.717, 1.165) is 30.6 Å². The maximum atomic E-state index is 14.6. The highest BCUT2D eigenvalue weighted by Gasteiger charge is 2.24. The minimum atomic E-state index is -0.231. The first-order valence-electron chi connectivity index (χ1n) is 11.4. The number of aryl methyl sites for hydroxylation is 1. The van der Waals surface area contributed by atoms with Crippen LogP contribution in [0.15, 0.2) is 66.3 Å². The maximum absolute atomic E-state index is 14.6. The highest BCUT2D eigenvalue weighted by atomic mass is 35.5. The Kier molecular flexibility index (Phi) is 5.24. The van der Waals surface area contributed by atoms with Gasteiger partial charge in [0.1, 0.15) is 5.82 Å². The molecule has 0 N–H and O–H groups in total. The highest BCUT2D eigenvalue weighted by Crippen LogP contribution is 2.45. The van der Waals surface area contributed by atoms with E-state index in [1.807, 2.05) is 11.8 Å². The van der Waals surface area contributed by atoms with Crippen LogP contribution < -0.4 is 0 Å². The Morgan fingerprint density at radius 3 is 2.69 bits per heavy atom. The Balaban J connectivity index is 1.55. The minimum absolute atomic E-state index is 0.231. The zero-order valence-electron chi connectivity index (χ0n) is 17.9. The normalized spacial score (nSPS) is 17.5. The molecular formula is C29H24ClFS. The van der Waals surface area contributed by atoms with Crippen LogP contribution in [0.2, 0.25) is 5.02 Å². The van der Waals surface area contributed by atoms with Gasteiger partial charge in [-0.2, -0.15) is 0 Å². The first kappa shape index (κ1) is 20.3. The summed E-state index contributed by atoms with van der Waals surface area (Å²) < 4.78 is 14.6. The second-order valence-corrected chi connectivity index (χ2v) is 10.4. The lowest BCUT2D eigenvalue weighted by Crippen LogP contribution is -2.08. The number of rotatable bonds is 3. The van der Waals surface area contributed by atoms with Crippen LogP contribution >= 0.6 is 23.4 Å². The molecule has 3 aliphatic rings. The van der Waals surface area contributed by atoms with Crippen LogP contribution in [0.3, 0.4) is 0 Å². The maximum Gasteiger partial charge on any atom is 0.128 e. The van der Waals surface area contributed by atoms with Crippen molar-refractivity contribution in [1.29, 1.82) is 0 Å². The van der Waals surface area contributed by atoms with Gasteiger partial charge in [0.15, 0.2) is 0 Å². The topological polar surface area (TPSA) is 0 Å². The fraction of sp³-hybridized carbons (Fsp3) is 0.241. The van der Waals surface area contributed by atoms with Crippen molar-refractivity contribution in [3.63, 3.8) is 0 Å². The van der Waals surface area contributed by atoms with Crippen molar-refractivity contribution in [3.05, 3.63) is 105 Å².